The molecule has 2 aliphatic rings. The zero-order chi connectivity index (χ0) is 14.8. The van der Waals surface area contributed by atoms with Gasteiger partial charge < -0.3 is 15.3 Å². The van der Waals surface area contributed by atoms with Crippen LogP contribution in [0.3, 0.4) is 0 Å². The standard InChI is InChI=1S/C15H26N2O3/c1-15(2)8-4-10-17(12(15)13(18)19)14(20)16-9-7-11-5-3-6-11/h11-12H,3-10H2,1-2H3,(H,16,20)(H,18,19). The Hall–Kier alpha value is -1.26. The number of hydrogen-bond donors (Lipinski definition) is 2. The predicted octanol–water partition coefficient (Wildman–Crippen LogP) is 2.46. The summed E-state index contributed by atoms with van der Waals surface area (Å²) in [6.45, 7) is 5.06. The van der Waals surface area contributed by atoms with Crippen molar-refractivity contribution < 1.29 is 14.7 Å². The van der Waals surface area contributed by atoms with Crippen LogP contribution in [-0.2, 0) is 4.79 Å². The second-order valence-electron chi connectivity index (χ2n) is 6.84. The average Bonchev–Trinajstić information content (AvgIpc) is 2.29. The highest BCUT2D eigenvalue weighted by Crippen LogP contribution is 2.35. The maximum atomic E-state index is 12.2. The van der Waals surface area contributed by atoms with Crippen molar-refractivity contribution in [1.82, 2.24) is 10.2 Å². The van der Waals surface area contributed by atoms with E-state index in [9.17, 15) is 14.7 Å². The molecule has 1 saturated heterocycles. The Balaban J connectivity index is 1.90. The third-order valence-corrected chi connectivity index (χ3v) is 4.82. The molecule has 2 amide bonds. The molecule has 1 aliphatic heterocycles. The summed E-state index contributed by atoms with van der Waals surface area (Å²) >= 11 is 0. The van der Waals surface area contributed by atoms with Crippen LogP contribution in [0.15, 0.2) is 0 Å². The van der Waals surface area contributed by atoms with Crippen LogP contribution in [0.5, 0.6) is 0 Å². The van der Waals surface area contributed by atoms with Gasteiger partial charge in [-0.1, -0.05) is 33.1 Å². The Morgan fingerprint density at radius 2 is 2.00 bits per heavy atom. The van der Waals surface area contributed by atoms with E-state index in [1.807, 2.05) is 13.8 Å². The van der Waals surface area contributed by atoms with Gasteiger partial charge in [-0.15, -0.1) is 0 Å². The number of piperidine rings is 1. The molecular formula is C15H26N2O3. The lowest BCUT2D eigenvalue weighted by atomic mass is 9.76. The average molecular weight is 282 g/mol. The Morgan fingerprint density at radius 3 is 2.55 bits per heavy atom. The van der Waals surface area contributed by atoms with Crippen molar-refractivity contribution in [3.63, 3.8) is 0 Å². The van der Waals surface area contributed by atoms with E-state index in [0.29, 0.717) is 13.1 Å². The van der Waals surface area contributed by atoms with E-state index < -0.39 is 12.0 Å². The van der Waals surface area contributed by atoms with Gasteiger partial charge in [-0.25, -0.2) is 9.59 Å². The summed E-state index contributed by atoms with van der Waals surface area (Å²) in [5.74, 6) is -0.146. The second kappa shape index (κ2) is 6.02. The third-order valence-electron chi connectivity index (χ3n) is 4.82. The molecule has 0 radical (unpaired) electrons. The number of urea groups is 1. The van der Waals surface area contributed by atoms with E-state index in [-0.39, 0.29) is 11.4 Å². The van der Waals surface area contributed by atoms with Crippen LogP contribution in [0.2, 0.25) is 0 Å². The van der Waals surface area contributed by atoms with Gasteiger partial charge in [-0.05, 0) is 30.6 Å². The molecule has 1 heterocycles. The van der Waals surface area contributed by atoms with Gasteiger partial charge in [0.15, 0.2) is 0 Å². The highest BCUT2D eigenvalue weighted by Gasteiger charge is 2.44. The van der Waals surface area contributed by atoms with E-state index >= 15 is 0 Å². The minimum absolute atomic E-state index is 0.218. The number of carbonyl (C=O) groups is 2. The highest BCUT2D eigenvalue weighted by molar-refractivity contribution is 5.83. The lowest BCUT2D eigenvalue weighted by molar-refractivity contribution is -0.148. The summed E-state index contributed by atoms with van der Waals surface area (Å²) in [6, 6.07) is -0.940. The Bertz CT molecular complexity index is 377. The zero-order valence-electron chi connectivity index (χ0n) is 12.5. The first-order chi connectivity index (χ1) is 9.42. The molecule has 2 N–H and O–H groups in total. The third kappa shape index (κ3) is 3.25. The number of rotatable bonds is 4. The molecule has 0 aromatic heterocycles. The summed E-state index contributed by atoms with van der Waals surface area (Å²) in [4.78, 5) is 25.2. The number of carboxylic acid groups (broad SMARTS) is 1. The van der Waals surface area contributed by atoms with Gasteiger partial charge in [0.2, 0.25) is 0 Å². The molecule has 2 rings (SSSR count). The normalized spacial score (nSPS) is 25.9. The van der Waals surface area contributed by atoms with E-state index in [0.717, 1.165) is 25.2 Å². The number of aliphatic carboxylic acids is 1. The van der Waals surface area contributed by atoms with Gasteiger partial charge in [0, 0.05) is 13.1 Å². The first-order valence-electron chi connectivity index (χ1n) is 7.69. The van der Waals surface area contributed by atoms with Crippen molar-refractivity contribution in [3.8, 4) is 0 Å². The molecular weight excluding hydrogens is 256 g/mol. The van der Waals surface area contributed by atoms with Gasteiger partial charge in [-0.3, -0.25) is 0 Å². The number of carboxylic acids is 1. The van der Waals surface area contributed by atoms with Crippen LogP contribution in [0.1, 0.15) is 52.4 Å². The molecule has 0 bridgehead atoms. The molecule has 1 atom stereocenters. The molecule has 0 spiro atoms. The fraction of sp³-hybridized carbons (Fsp3) is 0.867. The molecule has 1 saturated carbocycles. The molecule has 1 aliphatic carbocycles. The van der Waals surface area contributed by atoms with Crippen molar-refractivity contribution in [2.45, 2.75) is 58.4 Å². The maximum absolute atomic E-state index is 12.2. The quantitative estimate of drug-likeness (QED) is 0.832. The molecule has 0 aromatic rings. The van der Waals surface area contributed by atoms with Crippen LogP contribution >= 0.6 is 0 Å². The molecule has 5 nitrogen and oxygen atoms in total. The summed E-state index contributed by atoms with van der Waals surface area (Å²) in [5.41, 5.74) is -0.366. The van der Waals surface area contributed by atoms with Gasteiger partial charge in [0.25, 0.3) is 0 Å². The van der Waals surface area contributed by atoms with Crippen LogP contribution < -0.4 is 5.32 Å². The van der Waals surface area contributed by atoms with Gasteiger partial charge in [-0.2, -0.15) is 0 Å². The van der Waals surface area contributed by atoms with E-state index in [1.165, 1.54) is 24.2 Å². The Kier molecular flexibility index (Phi) is 4.55. The zero-order valence-corrected chi connectivity index (χ0v) is 12.5. The van der Waals surface area contributed by atoms with E-state index in [4.69, 9.17) is 0 Å². The van der Waals surface area contributed by atoms with Crippen molar-refractivity contribution in [1.29, 1.82) is 0 Å². The minimum atomic E-state index is -0.899. The first kappa shape index (κ1) is 15.1. The van der Waals surface area contributed by atoms with Crippen molar-refractivity contribution in [3.05, 3.63) is 0 Å². The number of nitrogens with zero attached hydrogens (tertiary/aromatic N) is 1. The summed E-state index contributed by atoms with van der Waals surface area (Å²) in [5, 5.41) is 12.3. The lowest BCUT2D eigenvalue weighted by Crippen LogP contribution is -2.58. The van der Waals surface area contributed by atoms with Crippen LogP contribution in [0.4, 0.5) is 4.79 Å². The van der Waals surface area contributed by atoms with E-state index in [1.54, 1.807) is 0 Å². The topological polar surface area (TPSA) is 69.6 Å². The molecule has 20 heavy (non-hydrogen) atoms. The molecule has 114 valence electrons. The molecule has 2 fully saturated rings. The molecule has 0 aromatic carbocycles. The van der Waals surface area contributed by atoms with Crippen LogP contribution in [-0.4, -0.2) is 41.1 Å². The van der Waals surface area contributed by atoms with Gasteiger partial charge >= 0.3 is 12.0 Å². The smallest absolute Gasteiger partial charge is 0.327 e. The maximum Gasteiger partial charge on any atom is 0.327 e. The summed E-state index contributed by atoms with van der Waals surface area (Å²) in [6.07, 6.45) is 6.57. The minimum Gasteiger partial charge on any atom is -0.480 e. The fourth-order valence-corrected chi connectivity index (χ4v) is 3.35. The second-order valence-corrected chi connectivity index (χ2v) is 6.84. The SMILES string of the molecule is CC1(C)CCCN(C(=O)NCCC2CCC2)C1C(=O)O. The van der Waals surface area contributed by atoms with Gasteiger partial charge in [0.05, 0.1) is 0 Å². The van der Waals surface area contributed by atoms with Crippen molar-refractivity contribution in [2.75, 3.05) is 13.1 Å². The summed E-state index contributed by atoms with van der Waals surface area (Å²) in [7, 11) is 0. The number of nitrogens with one attached hydrogen (secondary N) is 1. The predicted molar refractivity (Wildman–Crippen MR) is 76.5 cm³/mol. The monoisotopic (exact) mass is 282 g/mol. The lowest BCUT2D eigenvalue weighted by Gasteiger charge is -2.43. The number of likely N-dealkylation sites (tertiary alicyclic amines) is 1. The molecule has 5 heteroatoms. The molecule has 1 unspecified atom stereocenters. The Labute approximate surface area is 120 Å². The summed E-state index contributed by atoms with van der Waals surface area (Å²) < 4.78 is 0. The largest absolute Gasteiger partial charge is 0.480 e. The van der Waals surface area contributed by atoms with Gasteiger partial charge in [0.1, 0.15) is 6.04 Å². The Morgan fingerprint density at radius 1 is 1.30 bits per heavy atom. The fourth-order valence-electron chi connectivity index (χ4n) is 3.35. The number of hydrogen-bond acceptors (Lipinski definition) is 2. The van der Waals surface area contributed by atoms with Crippen molar-refractivity contribution >= 4 is 12.0 Å². The van der Waals surface area contributed by atoms with Crippen LogP contribution in [0.25, 0.3) is 0 Å². The number of carbonyl (C=O) groups excluding carboxylic acids is 1. The highest BCUT2D eigenvalue weighted by atomic mass is 16.4. The van der Waals surface area contributed by atoms with E-state index in [2.05, 4.69) is 5.32 Å². The van der Waals surface area contributed by atoms with Crippen LogP contribution in [0, 0.1) is 11.3 Å². The van der Waals surface area contributed by atoms with Crippen molar-refractivity contribution in [2.24, 2.45) is 11.3 Å². The number of amides is 2. The first-order valence-corrected chi connectivity index (χ1v) is 7.69.